The van der Waals surface area contributed by atoms with E-state index in [1.54, 1.807) is 18.3 Å². The van der Waals surface area contributed by atoms with Crippen LogP contribution in [0, 0.1) is 0 Å². The Balaban J connectivity index is 1.81. The van der Waals surface area contributed by atoms with Gasteiger partial charge in [-0.3, -0.25) is 4.68 Å². The number of nitrogens with zero attached hydrogens (tertiary/aromatic N) is 2. The van der Waals surface area contributed by atoms with Gasteiger partial charge >= 0.3 is 0 Å². The summed E-state index contributed by atoms with van der Waals surface area (Å²) < 4.78 is 12.8. The molecule has 0 saturated heterocycles. The predicted octanol–water partition coefficient (Wildman–Crippen LogP) is 2.60. The summed E-state index contributed by atoms with van der Waals surface area (Å²) in [5.41, 5.74) is 1.70. The average molecular weight is 309 g/mol. The van der Waals surface area contributed by atoms with Crippen molar-refractivity contribution in [3.63, 3.8) is 0 Å². The number of rotatable bonds is 4. The molecule has 3 rings (SSSR count). The Hall–Kier alpha value is -1.72. The van der Waals surface area contributed by atoms with E-state index in [0.717, 1.165) is 12.1 Å². The standard InChI is InChI=1S/C15H17ClN2O3/c1-2-18-9-10(8-17-18)5-13(19)11-6-12(16)15-14(7-11)20-3-4-21-15/h6-9,13,19H,2-5H2,1H3. The van der Waals surface area contributed by atoms with Crippen LogP contribution in [0.2, 0.25) is 5.02 Å². The lowest BCUT2D eigenvalue weighted by Crippen LogP contribution is -2.16. The molecule has 1 atom stereocenters. The number of aromatic nitrogens is 2. The Morgan fingerprint density at radius 2 is 2.19 bits per heavy atom. The van der Waals surface area contributed by atoms with Gasteiger partial charge in [0.25, 0.3) is 0 Å². The third-order valence-electron chi connectivity index (χ3n) is 3.44. The van der Waals surface area contributed by atoms with Gasteiger partial charge < -0.3 is 14.6 Å². The molecule has 2 heterocycles. The number of hydrogen-bond acceptors (Lipinski definition) is 4. The Morgan fingerprint density at radius 3 is 2.95 bits per heavy atom. The smallest absolute Gasteiger partial charge is 0.179 e. The van der Waals surface area contributed by atoms with Crippen LogP contribution in [0.4, 0.5) is 0 Å². The maximum atomic E-state index is 10.4. The number of benzene rings is 1. The number of ether oxygens (including phenoxy) is 2. The molecular weight excluding hydrogens is 292 g/mol. The maximum absolute atomic E-state index is 10.4. The zero-order valence-electron chi connectivity index (χ0n) is 11.8. The molecule has 112 valence electrons. The van der Waals surface area contributed by atoms with Gasteiger partial charge in [-0.1, -0.05) is 11.6 Å². The fourth-order valence-corrected chi connectivity index (χ4v) is 2.62. The van der Waals surface area contributed by atoms with Gasteiger partial charge in [0.15, 0.2) is 11.5 Å². The number of hydrogen-bond donors (Lipinski definition) is 1. The highest BCUT2D eigenvalue weighted by molar-refractivity contribution is 6.32. The van der Waals surface area contributed by atoms with Gasteiger partial charge in [0.2, 0.25) is 0 Å². The maximum Gasteiger partial charge on any atom is 0.179 e. The van der Waals surface area contributed by atoms with Crippen LogP contribution in [-0.4, -0.2) is 28.1 Å². The molecule has 1 aliphatic heterocycles. The zero-order valence-corrected chi connectivity index (χ0v) is 12.5. The Kier molecular flexibility index (Phi) is 4.03. The minimum Gasteiger partial charge on any atom is -0.486 e. The van der Waals surface area contributed by atoms with Gasteiger partial charge in [-0.05, 0) is 30.2 Å². The van der Waals surface area contributed by atoms with E-state index in [2.05, 4.69) is 5.10 Å². The summed E-state index contributed by atoms with van der Waals surface area (Å²) in [5, 5.41) is 15.1. The Morgan fingerprint density at radius 1 is 1.38 bits per heavy atom. The summed E-state index contributed by atoms with van der Waals surface area (Å²) in [7, 11) is 0. The van der Waals surface area contributed by atoms with E-state index in [9.17, 15) is 5.11 Å². The van der Waals surface area contributed by atoms with Crippen molar-refractivity contribution >= 4 is 11.6 Å². The van der Waals surface area contributed by atoms with Gasteiger partial charge in [-0.2, -0.15) is 5.10 Å². The molecule has 1 aromatic carbocycles. The minimum absolute atomic E-state index is 0.463. The van der Waals surface area contributed by atoms with Crippen LogP contribution in [0.5, 0.6) is 11.5 Å². The molecule has 1 aliphatic rings. The van der Waals surface area contributed by atoms with Crippen LogP contribution in [0.3, 0.4) is 0 Å². The van der Waals surface area contributed by atoms with E-state index in [1.165, 1.54) is 0 Å². The molecule has 0 radical (unpaired) electrons. The molecule has 2 aromatic rings. The van der Waals surface area contributed by atoms with Gasteiger partial charge in [0.05, 0.1) is 17.3 Å². The Labute approximate surface area is 128 Å². The van der Waals surface area contributed by atoms with Gasteiger partial charge in [-0.25, -0.2) is 0 Å². The molecule has 5 nitrogen and oxygen atoms in total. The quantitative estimate of drug-likeness (QED) is 0.943. The second-order valence-corrected chi connectivity index (χ2v) is 5.36. The molecule has 1 unspecified atom stereocenters. The molecule has 1 N–H and O–H groups in total. The minimum atomic E-state index is -0.659. The molecule has 0 amide bonds. The van der Waals surface area contributed by atoms with Crippen LogP contribution in [0.1, 0.15) is 24.2 Å². The number of aryl methyl sites for hydroxylation is 1. The van der Waals surface area contributed by atoms with Crippen molar-refractivity contribution < 1.29 is 14.6 Å². The van der Waals surface area contributed by atoms with Crippen LogP contribution in [0.15, 0.2) is 24.5 Å². The Bertz CT molecular complexity index is 642. The van der Waals surface area contributed by atoms with E-state index in [0.29, 0.717) is 41.7 Å². The first-order valence-electron chi connectivity index (χ1n) is 6.96. The van der Waals surface area contributed by atoms with Crippen LogP contribution >= 0.6 is 11.6 Å². The molecule has 6 heteroatoms. The summed E-state index contributed by atoms with van der Waals surface area (Å²) in [6.07, 6.45) is 3.53. The van der Waals surface area contributed by atoms with E-state index in [1.807, 2.05) is 17.8 Å². The molecule has 0 aliphatic carbocycles. The van der Waals surface area contributed by atoms with Crippen molar-refractivity contribution in [1.29, 1.82) is 0 Å². The highest BCUT2D eigenvalue weighted by atomic mass is 35.5. The summed E-state index contributed by atoms with van der Waals surface area (Å²) in [5.74, 6) is 1.14. The molecule has 0 bridgehead atoms. The third kappa shape index (κ3) is 2.99. The lowest BCUT2D eigenvalue weighted by Gasteiger charge is -2.21. The highest BCUT2D eigenvalue weighted by Crippen LogP contribution is 2.40. The SMILES string of the molecule is CCn1cc(CC(O)c2cc(Cl)c3c(c2)OCCO3)cn1. The second kappa shape index (κ2) is 5.95. The van der Waals surface area contributed by atoms with Crippen molar-refractivity contribution in [3.05, 3.63) is 40.7 Å². The molecule has 0 saturated carbocycles. The topological polar surface area (TPSA) is 56.5 Å². The lowest BCUT2D eigenvalue weighted by molar-refractivity contribution is 0.164. The summed E-state index contributed by atoms with van der Waals surface area (Å²) in [4.78, 5) is 0. The van der Waals surface area contributed by atoms with E-state index < -0.39 is 6.10 Å². The summed E-state index contributed by atoms with van der Waals surface area (Å²) in [6, 6.07) is 3.51. The van der Waals surface area contributed by atoms with Crippen LogP contribution in [0.25, 0.3) is 0 Å². The molecule has 21 heavy (non-hydrogen) atoms. The summed E-state index contributed by atoms with van der Waals surface area (Å²) >= 11 is 6.19. The van der Waals surface area contributed by atoms with Crippen LogP contribution in [-0.2, 0) is 13.0 Å². The van der Waals surface area contributed by atoms with Crippen molar-refractivity contribution in [1.82, 2.24) is 9.78 Å². The zero-order chi connectivity index (χ0) is 14.8. The number of aliphatic hydroxyl groups is 1. The number of halogens is 1. The van der Waals surface area contributed by atoms with Crippen molar-refractivity contribution in [2.75, 3.05) is 13.2 Å². The average Bonchev–Trinajstić information content (AvgIpc) is 2.95. The fraction of sp³-hybridized carbons (Fsp3) is 0.400. The molecular formula is C15H17ClN2O3. The third-order valence-corrected chi connectivity index (χ3v) is 3.72. The highest BCUT2D eigenvalue weighted by Gasteiger charge is 2.20. The first-order valence-corrected chi connectivity index (χ1v) is 7.33. The van der Waals surface area contributed by atoms with Crippen LogP contribution < -0.4 is 9.47 Å². The van der Waals surface area contributed by atoms with E-state index in [4.69, 9.17) is 21.1 Å². The van der Waals surface area contributed by atoms with Gasteiger partial charge in [0.1, 0.15) is 13.2 Å². The molecule has 0 spiro atoms. The van der Waals surface area contributed by atoms with Gasteiger partial charge in [-0.15, -0.1) is 0 Å². The van der Waals surface area contributed by atoms with E-state index >= 15 is 0 Å². The van der Waals surface area contributed by atoms with Gasteiger partial charge in [0, 0.05) is 19.2 Å². The second-order valence-electron chi connectivity index (χ2n) is 4.95. The normalized spacial score (nSPS) is 15.0. The monoisotopic (exact) mass is 308 g/mol. The number of fused-ring (bicyclic) bond motifs is 1. The number of aliphatic hydroxyl groups excluding tert-OH is 1. The van der Waals surface area contributed by atoms with Crippen molar-refractivity contribution in [2.24, 2.45) is 0 Å². The van der Waals surface area contributed by atoms with E-state index in [-0.39, 0.29) is 0 Å². The van der Waals surface area contributed by atoms with Crippen molar-refractivity contribution in [2.45, 2.75) is 26.0 Å². The first-order chi connectivity index (χ1) is 10.2. The summed E-state index contributed by atoms with van der Waals surface area (Å²) in [6.45, 7) is 3.82. The molecule has 1 aromatic heterocycles. The fourth-order valence-electron chi connectivity index (χ4n) is 2.35. The predicted molar refractivity (Wildman–Crippen MR) is 79.0 cm³/mol. The molecule has 0 fully saturated rings. The lowest BCUT2D eigenvalue weighted by atomic mass is 10.0. The first kappa shape index (κ1) is 14.2. The largest absolute Gasteiger partial charge is 0.486 e. The van der Waals surface area contributed by atoms with Crippen molar-refractivity contribution in [3.8, 4) is 11.5 Å².